The molecule has 4 N–H and O–H groups in total. The molecular formula is C19H24F2N4O4. The Bertz CT molecular complexity index is 785. The Morgan fingerprint density at radius 1 is 1.31 bits per heavy atom. The normalized spacial score (nSPS) is 18.3. The van der Waals surface area contributed by atoms with Crippen molar-refractivity contribution in [3.8, 4) is 0 Å². The number of halogens is 2. The average molecular weight is 410 g/mol. The van der Waals surface area contributed by atoms with E-state index in [-0.39, 0.29) is 55.1 Å². The second-order valence-corrected chi connectivity index (χ2v) is 7.09. The Morgan fingerprint density at radius 2 is 2.07 bits per heavy atom. The maximum absolute atomic E-state index is 13.6. The van der Waals surface area contributed by atoms with Crippen LogP contribution in [0.1, 0.15) is 31.3 Å². The molecular weight excluding hydrogens is 386 g/mol. The fourth-order valence-electron chi connectivity index (χ4n) is 3.25. The maximum Gasteiger partial charge on any atom is 0.265 e. The van der Waals surface area contributed by atoms with Gasteiger partial charge in [-0.05, 0) is 31.0 Å². The lowest BCUT2D eigenvalue weighted by Crippen LogP contribution is -2.50. The molecule has 2 aliphatic rings. The van der Waals surface area contributed by atoms with Crippen LogP contribution in [-0.4, -0.2) is 50.1 Å². The van der Waals surface area contributed by atoms with Crippen LogP contribution in [0.15, 0.2) is 18.2 Å². The summed E-state index contributed by atoms with van der Waals surface area (Å²) in [6.07, 6.45) is -0.304. The molecule has 0 unspecified atom stereocenters. The van der Waals surface area contributed by atoms with Crippen molar-refractivity contribution in [2.24, 2.45) is 11.7 Å². The van der Waals surface area contributed by atoms with Gasteiger partial charge in [-0.2, -0.15) is 0 Å². The number of nitrogens with one attached hydrogen (secondary N) is 2. The second-order valence-electron chi connectivity index (χ2n) is 7.09. The number of amides is 3. The summed E-state index contributed by atoms with van der Waals surface area (Å²) in [6, 6.07) is 2.97. The first-order chi connectivity index (χ1) is 13.9. The molecule has 0 radical (unpaired) electrons. The Labute approximate surface area is 166 Å². The van der Waals surface area contributed by atoms with Gasteiger partial charge in [0.25, 0.3) is 12.3 Å². The van der Waals surface area contributed by atoms with E-state index in [2.05, 4.69) is 10.6 Å². The fraction of sp³-hybridized carbons (Fsp3) is 0.526. The molecule has 10 heteroatoms. The first kappa shape index (κ1) is 21.1. The molecule has 2 fully saturated rings. The highest BCUT2D eigenvalue weighted by Gasteiger charge is 2.29. The number of carbonyl (C=O) groups is 3. The van der Waals surface area contributed by atoms with Gasteiger partial charge in [-0.15, -0.1) is 0 Å². The van der Waals surface area contributed by atoms with Crippen LogP contribution < -0.4 is 21.3 Å². The molecule has 0 bridgehead atoms. The minimum absolute atomic E-state index is 0.0833. The number of morpholine rings is 1. The van der Waals surface area contributed by atoms with E-state index in [0.29, 0.717) is 0 Å². The van der Waals surface area contributed by atoms with Crippen molar-refractivity contribution in [1.82, 2.24) is 5.32 Å². The molecule has 29 heavy (non-hydrogen) atoms. The van der Waals surface area contributed by atoms with Crippen LogP contribution in [0, 0.1) is 5.92 Å². The summed E-state index contributed by atoms with van der Waals surface area (Å²) >= 11 is 0. The van der Waals surface area contributed by atoms with Gasteiger partial charge in [0.1, 0.15) is 12.6 Å². The molecule has 158 valence electrons. The summed E-state index contributed by atoms with van der Waals surface area (Å²) < 4.78 is 32.2. The molecule has 1 aromatic carbocycles. The molecule has 0 spiro atoms. The smallest absolute Gasteiger partial charge is 0.265 e. The Hall–Kier alpha value is -2.59. The summed E-state index contributed by atoms with van der Waals surface area (Å²) in [5.41, 5.74) is 5.44. The van der Waals surface area contributed by atoms with Gasteiger partial charge in [0.05, 0.1) is 12.3 Å². The molecule has 1 aliphatic heterocycles. The van der Waals surface area contributed by atoms with Crippen LogP contribution in [0.4, 0.5) is 20.2 Å². The van der Waals surface area contributed by atoms with Crippen LogP contribution in [0.3, 0.4) is 0 Å². The zero-order chi connectivity index (χ0) is 21.0. The van der Waals surface area contributed by atoms with Crippen molar-refractivity contribution in [3.05, 3.63) is 23.8 Å². The maximum atomic E-state index is 13.6. The van der Waals surface area contributed by atoms with E-state index in [1.807, 2.05) is 0 Å². The van der Waals surface area contributed by atoms with E-state index in [1.165, 1.54) is 17.0 Å². The number of benzene rings is 1. The van der Waals surface area contributed by atoms with Gasteiger partial charge >= 0.3 is 0 Å². The average Bonchev–Trinajstić information content (AvgIpc) is 2.65. The molecule has 1 saturated heterocycles. The fourth-order valence-corrected chi connectivity index (χ4v) is 3.25. The SMILES string of the molecule is NC[C@@H](NC(=O)C1CCC1)C(=O)Nc1ccc(N2CCOCC2=O)c(C(F)F)c1. The van der Waals surface area contributed by atoms with Gasteiger partial charge in [-0.3, -0.25) is 14.4 Å². The third-order valence-electron chi connectivity index (χ3n) is 5.15. The molecule has 1 aromatic rings. The lowest BCUT2D eigenvalue weighted by Gasteiger charge is -2.29. The summed E-state index contributed by atoms with van der Waals surface area (Å²) in [5.74, 6) is -1.32. The predicted octanol–water partition coefficient (Wildman–Crippen LogP) is 1.17. The van der Waals surface area contributed by atoms with Crippen LogP contribution >= 0.6 is 0 Å². The van der Waals surface area contributed by atoms with Crippen molar-refractivity contribution < 1.29 is 27.9 Å². The minimum atomic E-state index is -2.85. The number of hydrogen-bond acceptors (Lipinski definition) is 5. The van der Waals surface area contributed by atoms with Crippen molar-refractivity contribution in [2.45, 2.75) is 31.7 Å². The third kappa shape index (κ3) is 4.88. The quantitative estimate of drug-likeness (QED) is 0.625. The van der Waals surface area contributed by atoms with Crippen molar-refractivity contribution >= 4 is 29.1 Å². The van der Waals surface area contributed by atoms with E-state index < -0.39 is 24.3 Å². The zero-order valence-corrected chi connectivity index (χ0v) is 15.8. The molecule has 1 saturated carbocycles. The summed E-state index contributed by atoms with van der Waals surface area (Å²) in [4.78, 5) is 37.7. The predicted molar refractivity (Wildman–Crippen MR) is 102 cm³/mol. The highest BCUT2D eigenvalue weighted by molar-refractivity contribution is 5.99. The largest absolute Gasteiger partial charge is 0.370 e. The van der Waals surface area contributed by atoms with Gasteiger partial charge in [-0.25, -0.2) is 8.78 Å². The number of nitrogens with two attached hydrogens (primary N) is 1. The molecule has 0 aromatic heterocycles. The third-order valence-corrected chi connectivity index (χ3v) is 5.15. The zero-order valence-electron chi connectivity index (χ0n) is 15.8. The summed E-state index contributed by atoms with van der Waals surface area (Å²) in [7, 11) is 0. The number of ether oxygens (including phenoxy) is 1. The molecule has 8 nitrogen and oxygen atoms in total. The minimum Gasteiger partial charge on any atom is -0.370 e. The van der Waals surface area contributed by atoms with Gasteiger partial charge in [-0.1, -0.05) is 6.42 Å². The van der Waals surface area contributed by atoms with E-state index in [4.69, 9.17) is 10.5 Å². The van der Waals surface area contributed by atoms with Gasteiger partial charge < -0.3 is 26.0 Å². The Balaban J connectivity index is 1.72. The standard InChI is InChI=1S/C19H24F2N4O4/c20-17(21)13-8-12(4-5-15(13)25-6-7-29-10-16(25)26)23-19(28)14(9-22)24-18(27)11-2-1-3-11/h4-5,8,11,14,17H,1-3,6-7,9-10,22H2,(H,23,28)(H,24,27)/t14-/m1/s1. The van der Waals surface area contributed by atoms with Gasteiger partial charge in [0.15, 0.2) is 0 Å². The Kier molecular flexibility index (Phi) is 6.75. The van der Waals surface area contributed by atoms with Crippen molar-refractivity contribution in [2.75, 3.05) is 36.5 Å². The Morgan fingerprint density at radius 3 is 2.66 bits per heavy atom. The highest BCUT2D eigenvalue weighted by atomic mass is 19.3. The van der Waals surface area contributed by atoms with E-state index in [0.717, 1.165) is 25.3 Å². The first-order valence-corrected chi connectivity index (χ1v) is 9.52. The number of anilines is 2. The van der Waals surface area contributed by atoms with E-state index in [9.17, 15) is 23.2 Å². The van der Waals surface area contributed by atoms with Crippen molar-refractivity contribution in [1.29, 1.82) is 0 Å². The monoisotopic (exact) mass is 410 g/mol. The van der Waals surface area contributed by atoms with E-state index in [1.54, 1.807) is 0 Å². The molecule has 1 atom stereocenters. The number of nitrogens with zero attached hydrogens (tertiary/aromatic N) is 1. The highest BCUT2D eigenvalue weighted by Crippen LogP contribution is 2.33. The summed E-state index contributed by atoms with van der Waals surface area (Å²) in [5, 5.41) is 5.12. The van der Waals surface area contributed by atoms with Gasteiger partial charge in [0, 0.05) is 30.3 Å². The van der Waals surface area contributed by atoms with E-state index >= 15 is 0 Å². The lowest BCUT2D eigenvalue weighted by atomic mass is 9.84. The number of alkyl halides is 2. The number of hydrogen-bond donors (Lipinski definition) is 3. The molecule has 1 aliphatic carbocycles. The molecule has 3 rings (SSSR count). The molecule has 3 amide bonds. The topological polar surface area (TPSA) is 114 Å². The van der Waals surface area contributed by atoms with Crippen LogP contribution in [0.2, 0.25) is 0 Å². The first-order valence-electron chi connectivity index (χ1n) is 9.52. The molecule has 1 heterocycles. The number of rotatable bonds is 7. The lowest BCUT2D eigenvalue weighted by molar-refractivity contribution is -0.131. The number of carbonyl (C=O) groups excluding carboxylic acids is 3. The van der Waals surface area contributed by atoms with Crippen molar-refractivity contribution in [3.63, 3.8) is 0 Å². The summed E-state index contributed by atoms with van der Waals surface area (Å²) in [6.45, 7) is 0.144. The second kappa shape index (κ2) is 9.27. The van der Waals surface area contributed by atoms with Crippen LogP contribution in [0.5, 0.6) is 0 Å². The van der Waals surface area contributed by atoms with Crippen LogP contribution in [0.25, 0.3) is 0 Å². The van der Waals surface area contributed by atoms with Crippen LogP contribution in [-0.2, 0) is 19.1 Å². The van der Waals surface area contributed by atoms with Gasteiger partial charge in [0.2, 0.25) is 11.8 Å².